The van der Waals surface area contributed by atoms with E-state index in [1.54, 1.807) is 0 Å². The zero-order valence-corrected chi connectivity index (χ0v) is 17.2. The van der Waals surface area contributed by atoms with Gasteiger partial charge in [0, 0.05) is 0 Å². The summed E-state index contributed by atoms with van der Waals surface area (Å²) in [5, 5.41) is 0.146. The highest BCUT2D eigenvalue weighted by Crippen LogP contribution is 2.46. The fraction of sp³-hybridized carbons (Fsp3) is 0.400. The van der Waals surface area contributed by atoms with Gasteiger partial charge in [0.25, 0.3) is 0 Å². The van der Waals surface area contributed by atoms with E-state index >= 15 is 0 Å². The molecule has 1 aliphatic heterocycles. The standard InChI is InChI=1S/C15H12Cl3F5N2O2S/c1-3-27-13(26)12-10(20)6(2)24(25(12)28-14(17)18)11-8(16)4-7(5-9(11)19)15(21,22)23/h4-5,12,14H,3H2,1-2H3. The highest BCUT2D eigenvalue weighted by molar-refractivity contribution is 8.00. The molecule has 1 atom stereocenters. The van der Waals surface area contributed by atoms with E-state index in [1.807, 2.05) is 0 Å². The Morgan fingerprint density at radius 2 is 1.93 bits per heavy atom. The Kier molecular flexibility index (Phi) is 7.36. The average Bonchev–Trinajstić information content (AvgIpc) is 2.77. The Morgan fingerprint density at radius 3 is 2.39 bits per heavy atom. The molecule has 0 amide bonds. The molecule has 13 heteroatoms. The number of nitrogens with zero attached hydrogens (tertiary/aromatic N) is 2. The van der Waals surface area contributed by atoms with Crippen LogP contribution in [-0.4, -0.2) is 27.2 Å². The van der Waals surface area contributed by atoms with E-state index in [4.69, 9.17) is 39.5 Å². The van der Waals surface area contributed by atoms with Gasteiger partial charge in [-0.3, -0.25) is 5.01 Å². The van der Waals surface area contributed by atoms with Gasteiger partial charge in [-0.1, -0.05) is 34.8 Å². The summed E-state index contributed by atoms with van der Waals surface area (Å²) >= 11 is 17.8. The summed E-state index contributed by atoms with van der Waals surface area (Å²) in [7, 11) is 0. The summed E-state index contributed by atoms with van der Waals surface area (Å²) in [5.41, 5.74) is -2.22. The lowest BCUT2D eigenvalue weighted by Crippen LogP contribution is -2.43. The molecular weight excluding hydrogens is 474 g/mol. The van der Waals surface area contributed by atoms with Crippen LogP contribution in [0.15, 0.2) is 23.7 Å². The van der Waals surface area contributed by atoms with E-state index in [0.717, 1.165) is 9.42 Å². The third kappa shape index (κ3) is 4.62. The summed E-state index contributed by atoms with van der Waals surface area (Å²) < 4.78 is 72.4. The molecular formula is C15H12Cl3F5N2O2S. The number of hydrogen-bond donors (Lipinski definition) is 0. The smallest absolute Gasteiger partial charge is 0.416 e. The molecule has 0 saturated heterocycles. The van der Waals surface area contributed by atoms with Crippen LogP contribution in [0.2, 0.25) is 5.02 Å². The van der Waals surface area contributed by atoms with Gasteiger partial charge in [0.05, 0.1) is 22.9 Å². The molecule has 0 aromatic heterocycles. The largest absolute Gasteiger partial charge is 0.464 e. The monoisotopic (exact) mass is 484 g/mol. The Hall–Kier alpha value is -0.940. The van der Waals surface area contributed by atoms with E-state index in [-0.39, 0.29) is 18.4 Å². The SMILES string of the molecule is CCOC(=O)C1C(F)=C(C)N(c2c(F)cc(C(F)(F)F)cc2Cl)N1SC(Cl)Cl. The predicted molar refractivity (Wildman–Crippen MR) is 98.0 cm³/mol. The number of carbonyl (C=O) groups excluding carboxylic acids is 1. The molecule has 0 aliphatic carbocycles. The number of anilines is 1. The molecule has 0 radical (unpaired) electrons. The van der Waals surface area contributed by atoms with Crippen molar-refractivity contribution in [1.29, 1.82) is 0 Å². The van der Waals surface area contributed by atoms with Crippen LogP contribution in [0.25, 0.3) is 0 Å². The molecule has 0 spiro atoms. The van der Waals surface area contributed by atoms with Crippen molar-refractivity contribution in [3.63, 3.8) is 0 Å². The van der Waals surface area contributed by atoms with Crippen molar-refractivity contribution in [2.24, 2.45) is 0 Å². The van der Waals surface area contributed by atoms with Gasteiger partial charge in [-0.25, -0.2) is 13.6 Å². The van der Waals surface area contributed by atoms with Crippen molar-refractivity contribution < 1.29 is 31.5 Å². The molecule has 1 aliphatic rings. The number of halogens is 8. The number of carbonyl (C=O) groups is 1. The average molecular weight is 486 g/mol. The van der Waals surface area contributed by atoms with Crippen LogP contribution in [0.5, 0.6) is 0 Å². The topological polar surface area (TPSA) is 32.8 Å². The lowest BCUT2D eigenvalue weighted by molar-refractivity contribution is -0.146. The fourth-order valence-corrected chi connectivity index (χ4v) is 4.00. The van der Waals surface area contributed by atoms with Crippen LogP contribution >= 0.6 is 46.8 Å². The van der Waals surface area contributed by atoms with Crippen LogP contribution in [0.3, 0.4) is 0 Å². The van der Waals surface area contributed by atoms with E-state index in [2.05, 4.69) is 0 Å². The lowest BCUT2D eigenvalue weighted by Gasteiger charge is -2.33. The second-order valence-corrected chi connectivity index (χ2v) is 8.43. The first-order valence-corrected chi connectivity index (χ1v) is 9.62. The zero-order chi connectivity index (χ0) is 21.4. The highest BCUT2D eigenvalue weighted by atomic mass is 35.5. The third-order valence-electron chi connectivity index (χ3n) is 3.57. The number of alkyl halides is 5. The Balaban J connectivity index is 2.60. The third-order valence-corrected chi connectivity index (χ3v) is 5.09. The number of esters is 1. The van der Waals surface area contributed by atoms with Gasteiger partial charge in [0.1, 0.15) is 11.5 Å². The van der Waals surface area contributed by atoms with Gasteiger partial charge in [-0.05, 0) is 37.9 Å². The van der Waals surface area contributed by atoms with Crippen molar-refractivity contribution in [2.75, 3.05) is 11.6 Å². The van der Waals surface area contributed by atoms with Gasteiger partial charge >= 0.3 is 12.1 Å². The minimum absolute atomic E-state index is 0.0687. The number of rotatable bonds is 5. The predicted octanol–water partition coefficient (Wildman–Crippen LogP) is 6.08. The van der Waals surface area contributed by atoms with Gasteiger partial charge in [-0.15, -0.1) is 4.41 Å². The first-order valence-electron chi connectivity index (χ1n) is 7.53. The van der Waals surface area contributed by atoms with E-state index in [9.17, 15) is 26.7 Å². The second kappa shape index (κ2) is 8.83. The van der Waals surface area contributed by atoms with Crippen molar-refractivity contribution in [3.05, 3.63) is 40.1 Å². The summed E-state index contributed by atoms with van der Waals surface area (Å²) in [4.78, 5) is 12.2. The van der Waals surface area contributed by atoms with Crippen LogP contribution in [0.4, 0.5) is 27.6 Å². The molecule has 156 valence electrons. The molecule has 1 aromatic rings. The van der Waals surface area contributed by atoms with Gasteiger partial charge in [0.15, 0.2) is 16.0 Å². The quantitative estimate of drug-likeness (QED) is 0.219. The molecule has 1 unspecified atom stereocenters. The number of hydrazine groups is 1. The minimum atomic E-state index is -4.84. The van der Waals surface area contributed by atoms with Crippen LogP contribution in [0, 0.1) is 5.82 Å². The van der Waals surface area contributed by atoms with Crippen LogP contribution in [0.1, 0.15) is 19.4 Å². The molecule has 28 heavy (non-hydrogen) atoms. The maximum atomic E-state index is 14.8. The minimum Gasteiger partial charge on any atom is -0.464 e. The van der Waals surface area contributed by atoms with E-state index < -0.39 is 50.3 Å². The highest BCUT2D eigenvalue weighted by Gasteiger charge is 2.47. The molecule has 0 saturated carbocycles. The number of hydrogen-bond acceptors (Lipinski definition) is 5. The number of benzene rings is 1. The van der Waals surface area contributed by atoms with Gasteiger partial charge in [-0.2, -0.15) is 13.2 Å². The molecule has 0 N–H and O–H groups in total. The van der Waals surface area contributed by atoms with Crippen molar-refractivity contribution in [3.8, 4) is 0 Å². The summed E-state index contributed by atoms with van der Waals surface area (Å²) in [6.07, 6.45) is -4.84. The van der Waals surface area contributed by atoms with E-state index in [1.165, 1.54) is 13.8 Å². The molecule has 0 fully saturated rings. The second-order valence-electron chi connectivity index (χ2n) is 5.35. The van der Waals surface area contributed by atoms with E-state index in [0.29, 0.717) is 18.0 Å². The summed E-state index contributed by atoms with van der Waals surface area (Å²) in [5.74, 6) is -3.43. The maximum Gasteiger partial charge on any atom is 0.416 e. The first kappa shape index (κ1) is 23.3. The number of ether oxygens (including phenoxy) is 1. The summed E-state index contributed by atoms with van der Waals surface area (Å²) in [6, 6.07) is -0.973. The molecule has 1 heterocycles. The number of allylic oxidation sites excluding steroid dienone is 1. The van der Waals surface area contributed by atoms with Crippen molar-refractivity contribution in [1.82, 2.24) is 4.41 Å². The first-order chi connectivity index (χ1) is 12.9. The van der Waals surface area contributed by atoms with Crippen molar-refractivity contribution in [2.45, 2.75) is 30.2 Å². The molecule has 0 bridgehead atoms. The molecule has 2 rings (SSSR count). The van der Waals surface area contributed by atoms with Gasteiger partial charge in [0.2, 0.25) is 0 Å². The lowest BCUT2D eigenvalue weighted by atomic mass is 10.1. The summed E-state index contributed by atoms with van der Waals surface area (Å²) in [6.45, 7) is 2.61. The normalized spacial score (nSPS) is 18.4. The molecule has 1 aromatic carbocycles. The maximum absolute atomic E-state index is 14.8. The van der Waals surface area contributed by atoms with Crippen LogP contribution < -0.4 is 5.01 Å². The van der Waals surface area contributed by atoms with Gasteiger partial charge < -0.3 is 4.74 Å². The van der Waals surface area contributed by atoms with Crippen LogP contribution in [-0.2, 0) is 15.7 Å². The Bertz CT molecular complexity index is 783. The Morgan fingerprint density at radius 1 is 1.32 bits per heavy atom. The molecule has 4 nitrogen and oxygen atoms in total. The fourth-order valence-electron chi connectivity index (χ4n) is 2.46. The Labute approximate surface area is 176 Å². The zero-order valence-electron chi connectivity index (χ0n) is 14.2. The van der Waals surface area contributed by atoms with Crippen molar-refractivity contribution >= 4 is 58.4 Å².